The van der Waals surface area contributed by atoms with Gasteiger partial charge in [-0.25, -0.2) is 0 Å². The second kappa shape index (κ2) is 9.05. The number of nitrogens with one attached hydrogen (secondary N) is 1. The Balaban J connectivity index is 0.00000361. The largest absolute Gasteiger partial charge is 0.495 e. The van der Waals surface area contributed by atoms with E-state index < -0.39 is 0 Å². The predicted molar refractivity (Wildman–Crippen MR) is 85.0 cm³/mol. The van der Waals surface area contributed by atoms with Crippen molar-refractivity contribution in [3.05, 3.63) is 22.2 Å². The molecule has 5 nitrogen and oxygen atoms in total. The quantitative estimate of drug-likeness (QED) is 0.808. The van der Waals surface area contributed by atoms with Gasteiger partial charge in [0, 0.05) is 12.1 Å². The lowest BCUT2D eigenvalue weighted by Gasteiger charge is -2.13. The van der Waals surface area contributed by atoms with E-state index >= 15 is 0 Å². The van der Waals surface area contributed by atoms with E-state index in [1.54, 1.807) is 12.1 Å². The third kappa shape index (κ3) is 4.85. The number of rotatable bonds is 6. The molecule has 0 bridgehead atoms. The molecule has 1 atom stereocenters. The van der Waals surface area contributed by atoms with Crippen molar-refractivity contribution in [3.63, 3.8) is 0 Å². The fourth-order valence-corrected chi connectivity index (χ4v) is 2.01. The van der Waals surface area contributed by atoms with Gasteiger partial charge in [0.05, 0.1) is 14.2 Å². The van der Waals surface area contributed by atoms with E-state index in [0.717, 1.165) is 0 Å². The summed E-state index contributed by atoms with van der Waals surface area (Å²) in [6, 6.07) is 3.32. The summed E-state index contributed by atoms with van der Waals surface area (Å²) in [5.41, 5.74) is 6.00. The molecule has 3 N–H and O–H groups in total. The van der Waals surface area contributed by atoms with Crippen LogP contribution in [-0.2, 0) is 0 Å². The van der Waals surface area contributed by atoms with Crippen molar-refractivity contribution < 1.29 is 14.3 Å². The van der Waals surface area contributed by atoms with E-state index in [9.17, 15) is 4.79 Å². The van der Waals surface area contributed by atoms with E-state index in [1.807, 2.05) is 6.92 Å². The molecule has 0 aromatic heterocycles. The lowest BCUT2D eigenvalue weighted by atomic mass is 10.1. The van der Waals surface area contributed by atoms with Gasteiger partial charge in [-0.2, -0.15) is 0 Å². The molecule has 0 fully saturated rings. The van der Waals surface area contributed by atoms with Gasteiger partial charge in [-0.15, -0.1) is 12.4 Å². The summed E-state index contributed by atoms with van der Waals surface area (Å²) >= 11 is 3.36. The van der Waals surface area contributed by atoms with Crippen LogP contribution in [-0.4, -0.2) is 33.2 Å². The Morgan fingerprint density at radius 3 is 2.25 bits per heavy atom. The second-order valence-electron chi connectivity index (χ2n) is 4.25. The molecule has 0 saturated carbocycles. The molecule has 0 spiro atoms. The minimum Gasteiger partial charge on any atom is -0.495 e. The number of benzene rings is 1. The van der Waals surface area contributed by atoms with E-state index in [0.29, 0.717) is 34.6 Å². The Morgan fingerprint density at radius 2 is 1.85 bits per heavy atom. The van der Waals surface area contributed by atoms with Crippen molar-refractivity contribution in [2.75, 3.05) is 27.3 Å². The number of nitrogens with two attached hydrogens (primary N) is 1. The van der Waals surface area contributed by atoms with Crippen LogP contribution in [0.5, 0.6) is 11.5 Å². The number of hydrogen-bond acceptors (Lipinski definition) is 4. The maximum absolute atomic E-state index is 12.0. The van der Waals surface area contributed by atoms with Crippen LogP contribution >= 0.6 is 28.3 Å². The summed E-state index contributed by atoms with van der Waals surface area (Å²) in [5, 5.41) is 2.83. The zero-order valence-corrected chi connectivity index (χ0v) is 14.1. The SMILES string of the molecule is COc1cc(C(=O)NCC(C)CN)cc(OC)c1Br.Cl. The number of methoxy groups -OCH3 is 2. The molecule has 1 rings (SSSR count). The average molecular weight is 368 g/mol. The molecule has 0 heterocycles. The summed E-state index contributed by atoms with van der Waals surface area (Å²) in [7, 11) is 3.08. The summed E-state index contributed by atoms with van der Waals surface area (Å²) in [6.07, 6.45) is 0. The van der Waals surface area contributed by atoms with E-state index in [1.165, 1.54) is 14.2 Å². The molecule has 0 aliphatic heterocycles. The van der Waals surface area contributed by atoms with Crippen LogP contribution in [0.1, 0.15) is 17.3 Å². The van der Waals surface area contributed by atoms with Crippen LogP contribution in [0.15, 0.2) is 16.6 Å². The first kappa shape index (κ1) is 19.0. The fourth-order valence-electron chi connectivity index (χ4n) is 1.45. The van der Waals surface area contributed by atoms with Gasteiger partial charge in [0.25, 0.3) is 5.91 Å². The van der Waals surface area contributed by atoms with Gasteiger partial charge in [0.2, 0.25) is 0 Å². The van der Waals surface area contributed by atoms with Crippen LogP contribution in [0.3, 0.4) is 0 Å². The minimum atomic E-state index is -0.176. The Hall–Kier alpha value is -0.980. The standard InChI is InChI=1S/C13H19BrN2O3.ClH/c1-8(6-15)7-16-13(17)9-4-10(18-2)12(14)11(5-9)19-3;/h4-5,8H,6-7,15H2,1-3H3,(H,16,17);1H. The van der Waals surface area contributed by atoms with Crippen LogP contribution in [0.25, 0.3) is 0 Å². The van der Waals surface area contributed by atoms with Crippen LogP contribution in [0.2, 0.25) is 0 Å². The third-order valence-electron chi connectivity index (χ3n) is 2.72. The molecule has 0 radical (unpaired) electrons. The second-order valence-corrected chi connectivity index (χ2v) is 5.04. The molecule has 1 aromatic carbocycles. The first-order chi connectivity index (χ1) is 9.03. The van der Waals surface area contributed by atoms with Crippen molar-refractivity contribution in [2.24, 2.45) is 11.7 Å². The van der Waals surface area contributed by atoms with Crippen molar-refractivity contribution in [1.29, 1.82) is 0 Å². The summed E-state index contributed by atoms with van der Waals surface area (Å²) in [4.78, 5) is 12.0. The molecule has 1 unspecified atom stereocenters. The van der Waals surface area contributed by atoms with Gasteiger partial charge in [0.15, 0.2) is 0 Å². The molecule has 7 heteroatoms. The lowest BCUT2D eigenvalue weighted by molar-refractivity contribution is 0.0948. The van der Waals surface area contributed by atoms with Crippen LogP contribution in [0.4, 0.5) is 0 Å². The topological polar surface area (TPSA) is 73.6 Å². The van der Waals surface area contributed by atoms with Gasteiger partial charge in [-0.05, 0) is 40.5 Å². The highest BCUT2D eigenvalue weighted by Gasteiger charge is 2.14. The van der Waals surface area contributed by atoms with Gasteiger partial charge >= 0.3 is 0 Å². The van der Waals surface area contributed by atoms with E-state index in [2.05, 4.69) is 21.2 Å². The molecule has 114 valence electrons. The van der Waals surface area contributed by atoms with Crippen molar-refractivity contribution in [2.45, 2.75) is 6.92 Å². The lowest BCUT2D eigenvalue weighted by Crippen LogP contribution is -2.31. The average Bonchev–Trinajstić information content (AvgIpc) is 2.44. The van der Waals surface area contributed by atoms with Crippen molar-refractivity contribution in [1.82, 2.24) is 5.32 Å². The molecule has 0 aliphatic carbocycles. The molecule has 1 amide bonds. The van der Waals surface area contributed by atoms with Crippen LogP contribution in [0, 0.1) is 5.92 Å². The molecule has 0 aliphatic rings. The Morgan fingerprint density at radius 1 is 1.35 bits per heavy atom. The summed E-state index contributed by atoms with van der Waals surface area (Å²) < 4.78 is 11.1. The van der Waals surface area contributed by atoms with Crippen LogP contribution < -0.4 is 20.5 Å². The zero-order valence-electron chi connectivity index (χ0n) is 11.7. The predicted octanol–water partition coefficient (Wildman–Crippen LogP) is 2.21. The first-order valence-corrected chi connectivity index (χ1v) is 6.72. The van der Waals surface area contributed by atoms with E-state index in [-0.39, 0.29) is 24.2 Å². The Bertz CT molecular complexity index is 432. The first-order valence-electron chi connectivity index (χ1n) is 5.93. The van der Waals surface area contributed by atoms with Gasteiger partial charge in [0.1, 0.15) is 16.0 Å². The van der Waals surface area contributed by atoms with E-state index in [4.69, 9.17) is 15.2 Å². The normalized spacial score (nSPS) is 11.2. The number of ether oxygens (including phenoxy) is 2. The summed E-state index contributed by atoms with van der Waals surface area (Å²) in [5.74, 6) is 1.17. The molecule has 0 saturated heterocycles. The maximum Gasteiger partial charge on any atom is 0.251 e. The number of hydrogen-bond donors (Lipinski definition) is 2. The van der Waals surface area contributed by atoms with Gasteiger partial charge < -0.3 is 20.5 Å². The Kier molecular flexibility index (Phi) is 8.60. The molecule has 1 aromatic rings. The monoisotopic (exact) mass is 366 g/mol. The summed E-state index contributed by atoms with van der Waals surface area (Å²) in [6.45, 7) is 3.05. The Labute approximate surface area is 133 Å². The minimum absolute atomic E-state index is 0. The molecular formula is C13H20BrClN2O3. The molecule has 20 heavy (non-hydrogen) atoms. The fraction of sp³-hybridized carbons (Fsp3) is 0.462. The van der Waals surface area contributed by atoms with Gasteiger partial charge in [-0.3, -0.25) is 4.79 Å². The number of carbonyl (C=O) groups excluding carboxylic acids is 1. The maximum atomic E-state index is 12.0. The van der Waals surface area contributed by atoms with Crippen molar-refractivity contribution in [3.8, 4) is 11.5 Å². The number of amides is 1. The van der Waals surface area contributed by atoms with Crippen molar-refractivity contribution >= 4 is 34.2 Å². The highest BCUT2D eigenvalue weighted by Crippen LogP contribution is 2.35. The zero-order chi connectivity index (χ0) is 14.4. The van der Waals surface area contributed by atoms with Gasteiger partial charge in [-0.1, -0.05) is 6.92 Å². The molecular weight excluding hydrogens is 348 g/mol. The highest BCUT2D eigenvalue weighted by molar-refractivity contribution is 9.10. The number of halogens is 2. The highest BCUT2D eigenvalue weighted by atomic mass is 79.9. The smallest absolute Gasteiger partial charge is 0.251 e. The number of carbonyl (C=O) groups is 1. The third-order valence-corrected chi connectivity index (χ3v) is 3.50.